The van der Waals surface area contributed by atoms with Crippen LogP contribution in [0.25, 0.3) is 5.65 Å². The topological polar surface area (TPSA) is 68.2 Å². The minimum absolute atomic E-state index is 0.230. The standard InChI is InChI=1S/C15H14ClN5/c16-10-2-6-14-19-15(20-21(14)8-10)18-13-5-1-9-7-11(17)3-4-12(9)13/h2-4,6-8,13H,1,5,17H2,(H,18,20). The average Bonchev–Trinajstić information content (AvgIpc) is 3.02. The Bertz CT molecular complexity index is 826. The number of anilines is 2. The molecule has 0 spiro atoms. The van der Waals surface area contributed by atoms with E-state index in [0.717, 1.165) is 24.2 Å². The zero-order valence-electron chi connectivity index (χ0n) is 11.3. The van der Waals surface area contributed by atoms with Gasteiger partial charge in [0.05, 0.1) is 11.1 Å². The van der Waals surface area contributed by atoms with Crippen LogP contribution in [0.15, 0.2) is 36.5 Å². The van der Waals surface area contributed by atoms with Crippen LogP contribution in [0.2, 0.25) is 5.02 Å². The number of nitrogen functional groups attached to an aromatic ring is 1. The first kappa shape index (κ1) is 12.5. The van der Waals surface area contributed by atoms with Crippen LogP contribution < -0.4 is 11.1 Å². The SMILES string of the molecule is Nc1ccc2c(c1)CCC2Nc1nc2ccc(Cl)cn2n1. The Morgan fingerprint density at radius 1 is 1.29 bits per heavy atom. The highest BCUT2D eigenvalue weighted by molar-refractivity contribution is 6.30. The number of aryl methyl sites for hydroxylation is 1. The maximum absolute atomic E-state index is 5.96. The molecular weight excluding hydrogens is 286 g/mol. The summed E-state index contributed by atoms with van der Waals surface area (Å²) in [4.78, 5) is 4.47. The van der Waals surface area contributed by atoms with Gasteiger partial charge in [-0.3, -0.25) is 0 Å². The number of pyridine rings is 1. The number of nitrogens with zero attached hydrogens (tertiary/aromatic N) is 3. The molecule has 0 aliphatic heterocycles. The number of halogens is 1. The normalized spacial score (nSPS) is 17.1. The van der Waals surface area contributed by atoms with Crippen molar-refractivity contribution in [2.24, 2.45) is 0 Å². The molecule has 0 radical (unpaired) electrons. The Balaban J connectivity index is 1.64. The molecule has 1 aromatic carbocycles. The van der Waals surface area contributed by atoms with E-state index in [4.69, 9.17) is 17.3 Å². The lowest BCUT2D eigenvalue weighted by molar-refractivity contribution is 0.750. The van der Waals surface area contributed by atoms with Crippen molar-refractivity contribution in [1.82, 2.24) is 14.6 Å². The lowest BCUT2D eigenvalue weighted by Gasteiger charge is -2.12. The number of hydrogen-bond acceptors (Lipinski definition) is 4. The second-order valence-electron chi connectivity index (χ2n) is 5.28. The largest absolute Gasteiger partial charge is 0.399 e. The lowest BCUT2D eigenvalue weighted by atomic mass is 10.1. The van der Waals surface area contributed by atoms with Crippen LogP contribution in [0.1, 0.15) is 23.6 Å². The molecule has 6 heteroatoms. The Labute approximate surface area is 126 Å². The van der Waals surface area contributed by atoms with Crippen LogP contribution in [0.5, 0.6) is 0 Å². The summed E-state index contributed by atoms with van der Waals surface area (Å²) in [6, 6.07) is 9.96. The Hall–Kier alpha value is -2.27. The van der Waals surface area contributed by atoms with Crippen LogP contribution in [-0.2, 0) is 6.42 Å². The molecule has 0 amide bonds. The third kappa shape index (κ3) is 2.19. The van der Waals surface area contributed by atoms with E-state index in [1.165, 1.54) is 11.1 Å². The number of rotatable bonds is 2. The zero-order chi connectivity index (χ0) is 14.4. The minimum Gasteiger partial charge on any atom is -0.399 e. The van der Waals surface area contributed by atoms with Gasteiger partial charge in [0.15, 0.2) is 5.65 Å². The number of nitrogens with two attached hydrogens (primary N) is 1. The smallest absolute Gasteiger partial charge is 0.243 e. The van der Waals surface area contributed by atoms with Gasteiger partial charge < -0.3 is 11.1 Å². The number of aromatic nitrogens is 3. The fraction of sp³-hybridized carbons (Fsp3) is 0.200. The second kappa shape index (κ2) is 4.63. The fourth-order valence-electron chi connectivity index (χ4n) is 2.86. The molecule has 21 heavy (non-hydrogen) atoms. The van der Waals surface area contributed by atoms with Crippen LogP contribution >= 0.6 is 11.6 Å². The highest BCUT2D eigenvalue weighted by Crippen LogP contribution is 2.34. The van der Waals surface area contributed by atoms with Gasteiger partial charge in [0.25, 0.3) is 0 Å². The number of hydrogen-bond donors (Lipinski definition) is 2. The van der Waals surface area contributed by atoms with Gasteiger partial charge in [0, 0.05) is 11.9 Å². The molecule has 1 unspecified atom stereocenters. The van der Waals surface area contributed by atoms with Crippen molar-refractivity contribution in [3.63, 3.8) is 0 Å². The van der Waals surface area contributed by atoms with E-state index in [0.29, 0.717) is 11.0 Å². The molecule has 3 aromatic rings. The van der Waals surface area contributed by atoms with Gasteiger partial charge in [-0.1, -0.05) is 17.7 Å². The molecule has 0 bridgehead atoms. The number of benzene rings is 1. The molecule has 0 saturated carbocycles. The molecule has 2 heterocycles. The van der Waals surface area contributed by atoms with Gasteiger partial charge in [-0.05, 0) is 48.2 Å². The molecule has 3 N–H and O–H groups in total. The van der Waals surface area contributed by atoms with Crippen molar-refractivity contribution < 1.29 is 0 Å². The van der Waals surface area contributed by atoms with Gasteiger partial charge in [0.1, 0.15) is 0 Å². The molecule has 1 atom stereocenters. The Morgan fingerprint density at radius 2 is 2.19 bits per heavy atom. The van der Waals surface area contributed by atoms with Gasteiger partial charge >= 0.3 is 0 Å². The summed E-state index contributed by atoms with van der Waals surface area (Å²) in [5, 5.41) is 8.45. The Morgan fingerprint density at radius 3 is 3.10 bits per heavy atom. The third-order valence-corrected chi connectivity index (χ3v) is 4.07. The van der Waals surface area contributed by atoms with E-state index in [1.54, 1.807) is 10.7 Å². The van der Waals surface area contributed by atoms with Gasteiger partial charge in [-0.25, -0.2) is 4.52 Å². The van der Waals surface area contributed by atoms with E-state index in [2.05, 4.69) is 21.5 Å². The fourth-order valence-corrected chi connectivity index (χ4v) is 3.02. The predicted octanol–water partition coefficient (Wildman–Crippen LogP) is 3.06. The van der Waals surface area contributed by atoms with Gasteiger partial charge in [-0.2, -0.15) is 4.98 Å². The summed E-state index contributed by atoms with van der Waals surface area (Å²) in [6.45, 7) is 0. The first-order chi connectivity index (χ1) is 10.2. The molecule has 2 aromatic heterocycles. The summed E-state index contributed by atoms with van der Waals surface area (Å²) >= 11 is 5.96. The molecule has 1 aliphatic rings. The summed E-state index contributed by atoms with van der Waals surface area (Å²) in [5.74, 6) is 0.618. The van der Waals surface area contributed by atoms with E-state index in [1.807, 2.05) is 24.3 Å². The summed E-state index contributed by atoms with van der Waals surface area (Å²) in [7, 11) is 0. The van der Waals surface area contributed by atoms with Crippen molar-refractivity contribution in [3.8, 4) is 0 Å². The molecule has 106 valence electrons. The summed E-state index contributed by atoms with van der Waals surface area (Å²) in [5.41, 5.74) is 10.0. The van der Waals surface area contributed by atoms with E-state index < -0.39 is 0 Å². The van der Waals surface area contributed by atoms with Crippen LogP contribution in [-0.4, -0.2) is 14.6 Å². The van der Waals surface area contributed by atoms with Crippen molar-refractivity contribution in [2.75, 3.05) is 11.1 Å². The molecule has 1 aliphatic carbocycles. The molecule has 0 fully saturated rings. The van der Waals surface area contributed by atoms with Crippen molar-refractivity contribution in [2.45, 2.75) is 18.9 Å². The van der Waals surface area contributed by atoms with Crippen molar-refractivity contribution in [3.05, 3.63) is 52.7 Å². The van der Waals surface area contributed by atoms with E-state index in [9.17, 15) is 0 Å². The van der Waals surface area contributed by atoms with Gasteiger partial charge in [0.2, 0.25) is 5.95 Å². The molecule has 5 nitrogen and oxygen atoms in total. The van der Waals surface area contributed by atoms with E-state index in [-0.39, 0.29) is 6.04 Å². The first-order valence-corrected chi connectivity index (χ1v) is 7.23. The van der Waals surface area contributed by atoms with Crippen LogP contribution in [0, 0.1) is 0 Å². The average molecular weight is 300 g/mol. The van der Waals surface area contributed by atoms with Crippen LogP contribution in [0.4, 0.5) is 11.6 Å². The molecule has 0 saturated heterocycles. The minimum atomic E-state index is 0.230. The third-order valence-electron chi connectivity index (χ3n) is 3.84. The lowest BCUT2D eigenvalue weighted by Crippen LogP contribution is -2.08. The Kier molecular flexibility index (Phi) is 2.75. The monoisotopic (exact) mass is 299 g/mol. The van der Waals surface area contributed by atoms with Crippen molar-refractivity contribution >= 4 is 28.9 Å². The van der Waals surface area contributed by atoms with E-state index >= 15 is 0 Å². The van der Waals surface area contributed by atoms with Crippen LogP contribution in [0.3, 0.4) is 0 Å². The number of fused-ring (bicyclic) bond motifs is 2. The maximum atomic E-state index is 5.96. The maximum Gasteiger partial charge on any atom is 0.243 e. The highest BCUT2D eigenvalue weighted by atomic mass is 35.5. The second-order valence-corrected chi connectivity index (χ2v) is 5.72. The highest BCUT2D eigenvalue weighted by Gasteiger charge is 2.23. The zero-order valence-corrected chi connectivity index (χ0v) is 12.0. The molecule has 4 rings (SSSR count). The summed E-state index contributed by atoms with van der Waals surface area (Å²) < 4.78 is 1.68. The first-order valence-electron chi connectivity index (χ1n) is 6.86. The predicted molar refractivity (Wildman–Crippen MR) is 83.5 cm³/mol. The summed E-state index contributed by atoms with van der Waals surface area (Å²) in [6.07, 6.45) is 3.80. The molecular formula is C15H14ClN5. The number of nitrogens with one attached hydrogen (secondary N) is 1. The van der Waals surface area contributed by atoms with Gasteiger partial charge in [-0.15, -0.1) is 5.10 Å². The quantitative estimate of drug-likeness (QED) is 0.714. The van der Waals surface area contributed by atoms with Crippen molar-refractivity contribution in [1.29, 1.82) is 0 Å².